The van der Waals surface area contributed by atoms with Gasteiger partial charge in [0.1, 0.15) is 5.75 Å². The van der Waals surface area contributed by atoms with Crippen molar-refractivity contribution >= 4 is 21.8 Å². The molecule has 182 valence electrons. The van der Waals surface area contributed by atoms with Gasteiger partial charge < -0.3 is 9.47 Å². The largest absolute Gasteiger partial charge is 0.496 e. The Balaban J connectivity index is 1.55. The van der Waals surface area contributed by atoms with Gasteiger partial charge in [0.15, 0.2) is 6.61 Å². The van der Waals surface area contributed by atoms with Crippen LogP contribution in [0.2, 0.25) is 0 Å². The molecule has 0 saturated heterocycles. The number of hydrogen-bond acceptors (Lipinski definition) is 6. The molecule has 3 aromatic carbocycles. The number of rotatable bonds is 8. The molecule has 4 rings (SSSR count). The number of Topliss-reactive ketones (excluding diaryl/α,β-unsaturated/α-hetero) is 1. The molecular weight excluding hydrogens is 466 g/mol. The van der Waals surface area contributed by atoms with Gasteiger partial charge in [-0.2, -0.15) is 4.31 Å². The van der Waals surface area contributed by atoms with Gasteiger partial charge in [0.05, 0.1) is 30.0 Å². The number of ether oxygens (including phenoxy) is 2. The molecule has 1 aliphatic heterocycles. The zero-order valence-corrected chi connectivity index (χ0v) is 20.5. The SMILES string of the molecule is COc1ccccc1C(=O)COC(=O)CC1c2ccccc2CCN1S(=O)(=O)c1ccc(C)cc1. The average molecular weight is 494 g/mol. The van der Waals surface area contributed by atoms with E-state index >= 15 is 0 Å². The Bertz CT molecular complexity index is 1330. The van der Waals surface area contributed by atoms with Crippen molar-refractivity contribution in [1.29, 1.82) is 0 Å². The molecule has 1 heterocycles. The van der Waals surface area contributed by atoms with Crippen LogP contribution >= 0.6 is 0 Å². The smallest absolute Gasteiger partial charge is 0.308 e. The molecule has 0 radical (unpaired) electrons. The first-order chi connectivity index (χ1) is 16.8. The van der Waals surface area contributed by atoms with Gasteiger partial charge in [0.25, 0.3) is 0 Å². The molecule has 0 fully saturated rings. The van der Waals surface area contributed by atoms with Crippen LogP contribution in [0.25, 0.3) is 0 Å². The first-order valence-corrected chi connectivity index (χ1v) is 12.7. The Morgan fingerprint density at radius 2 is 1.66 bits per heavy atom. The third-order valence-corrected chi connectivity index (χ3v) is 8.04. The highest BCUT2D eigenvalue weighted by Gasteiger charge is 2.37. The standard InChI is InChI=1S/C27H27NO6S/c1-19-11-13-21(14-12-19)35(31,32)28-16-15-20-7-3-4-8-22(20)24(28)17-27(30)34-18-25(29)23-9-5-6-10-26(23)33-2/h3-14,24H,15-18H2,1-2H3. The van der Waals surface area contributed by atoms with Gasteiger partial charge in [-0.3, -0.25) is 9.59 Å². The van der Waals surface area contributed by atoms with Crippen LogP contribution in [0.1, 0.15) is 39.5 Å². The molecule has 0 spiro atoms. The number of fused-ring (bicyclic) bond motifs is 1. The van der Waals surface area contributed by atoms with Gasteiger partial charge in [0, 0.05) is 6.54 Å². The number of benzene rings is 3. The van der Waals surface area contributed by atoms with Crippen molar-refractivity contribution in [2.45, 2.75) is 30.7 Å². The lowest BCUT2D eigenvalue weighted by molar-refractivity contribution is -0.143. The van der Waals surface area contributed by atoms with Crippen LogP contribution in [0.3, 0.4) is 0 Å². The first-order valence-electron chi connectivity index (χ1n) is 11.3. The van der Waals surface area contributed by atoms with E-state index in [-0.39, 0.29) is 17.9 Å². The lowest BCUT2D eigenvalue weighted by Crippen LogP contribution is -2.41. The number of hydrogen-bond donors (Lipinski definition) is 0. The summed E-state index contributed by atoms with van der Waals surface area (Å²) in [5, 5.41) is 0. The molecule has 3 aromatic rings. The molecule has 0 aromatic heterocycles. The molecule has 8 heteroatoms. The molecule has 0 bridgehead atoms. The van der Waals surface area contributed by atoms with Gasteiger partial charge in [0.2, 0.25) is 15.8 Å². The molecule has 7 nitrogen and oxygen atoms in total. The van der Waals surface area contributed by atoms with Crippen LogP contribution in [0.4, 0.5) is 0 Å². The van der Waals surface area contributed by atoms with Crippen molar-refractivity contribution in [3.05, 3.63) is 95.1 Å². The highest BCUT2D eigenvalue weighted by Crippen LogP contribution is 2.36. The minimum Gasteiger partial charge on any atom is -0.496 e. The van der Waals surface area contributed by atoms with E-state index in [9.17, 15) is 18.0 Å². The predicted octanol–water partition coefficient (Wildman–Crippen LogP) is 4.11. The molecule has 1 aliphatic rings. The van der Waals surface area contributed by atoms with Crippen LogP contribution in [0.15, 0.2) is 77.7 Å². The fraction of sp³-hybridized carbons (Fsp3) is 0.259. The van der Waals surface area contributed by atoms with Crippen LogP contribution in [0, 0.1) is 6.92 Å². The van der Waals surface area contributed by atoms with Gasteiger partial charge in [-0.25, -0.2) is 8.42 Å². The summed E-state index contributed by atoms with van der Waals surface area (Å²) in [5.41, 5.74) is 3.02. The van der Waals surface area contributed by atoms with E-state index in [1.54, 1.807) is 48.5 Å². The van der Waals surface area contributed by atoms with Crippen LogP contribution < -0.4 is 4.74 Å². The highest BCUT2D eigenvalue weighted by atomic mass is 32.2. The lowest BCUT2D eigenvalue weighted by atomic mass is 9.92. The molecule has 0 N–H and O–H groups in total. The Morgan fingerprint density at radius 1 is 0.971 bits per heavy atom. The van der Waals surface area contributed by atoms with E-state index in [0.29, 0.717) is 17.7 Å². The number of sulfonamides is 1. The van der Waals surface area contributed by atoms with Gasteiger partial charge in [-0.15, -0.1) is 0 Å². The molecule has 0 amide bonds. The number of nitrogens with zero attached hydrogens (tertiary/aromatic N) is 1. The van der Waals surface area contributed by atoms with Crippen molar-refractivity contribution in [2.24, 2.45) is 0 Å². The number of methoxy groups -OCH3 is 1. The maximum atomic E-state index is 13.5. The fourth-order valence-electron chi connectivity index (χ4n) is 4.29. The number of carbonyl (C=O) groups is 2. The molecule has 1 atom stereocenters. The molecule has 35 heavy (non-hydrogen) atoms. The second-order valence-corrected chi connectivity index (χ2v) is 10.3. The second-order valence-electron chi connectivity index (χ2n) is 8.38. The van der Waals surface area contributed by atoms with E-state index in [1.807, 2.05) is 31.2 Å². The predicted molar refractivity (Wildman–Crippen MR) is 131 cm³/mol. The van der Waals surface area contributed by atoms with Crippen molar-refractivity contribution < 1.29 is 27.5 Å². The maximum absolute atomic E-state index is 13.5. The van der Waals surface area contributed by atoms with Gasteiger partial charge >= 0.3 is 5.97 Å². The van der Waals surface area contributed by atoms with Crippen molar-refractivity contribution in [1.82, 2.24) is 4.31 Å². The van der Waals surface area contributed by atoms with E-state index < -0.39 is 34.4 Å². The number of aryl methyl sites for hydroxylation is 1. The number of para-hydroxylation sites is 1. The molecular formula is C27H27NO6S. The van der Waals surface area contributed by atoms with E-state index in [4.69, 9.17) is 9.47 Å². The normalized spacial score (nSPS) is 15.8. The fourth-order valence-corrected chi connectivity index (χ4v) is 5.89. The Labute approximate surface area is 205 Å². The zero-order valence-electron chi connectivity index (χ0n) is 19.6. The first kappa shape index (κ1) is 24.6. The maximum Gasteiger partial charge on any atom is 0.308 e. The third kappa shape index (κ3) is 5.28. The summed E-state index contributed by atoms with van der Waals surface area (Å²) in [5.74, 6) is -0.659. The van der Waals surface area contributed by atoms with Crippen molar-refractivity contribution in [2.75, 3.05) is 20.3 Å². The lowest BCUT2D eigenvalue weighted by Gasteiger charge is -2.36. The summed E-state index contributed by atoms with van der Waals surface area (Å²) in [7, 11) is -2.40. The highest BCUT2D eigenvalue weighted by molar-refractivity contribution is 7.89. The number of ketones is 1. The molecule has 0 saturated carbocycles. The number of esters is 1. The summed E-state index contributed by atoms with van der Waals surface area (Å²) in [6.45, 7) is 1.67. The van der Waals surface area contributed by atoms with Crippen LogP contribution in [-0.4, -0.2) is 44.7 Å². The van der Waals surface area contributed by atoms with E-state index in [0.717, 1.165) is 16.7 Å². The minimum atomic E-state index is -3.86. The van der Waals surface area contributed by atoms with Crippen molar-refractivity contribution in [3.63, 3.8) is 0 Å². The van der Waals surface area contributed by atoms with E-state index in [1.165, 1.54) is 11.4 Å². The Hall–Kier alpha value is -3.49. The summed E-state index contributed by atoms with van der Waals surface area (Å²) in [6, 6.07) is 20.1. The summed E-state index contributed by atoms with van der Waals surface area (Å²) in [6.07, 6.45) is 0.334. The average Bonchev–Trinajstić information content (AvgIpc) is 2.87. The molecule has 0 aliphatic carbocycles. The zero-order chi connectivity index (χ0) is 25.0. The summed E-state index contributed by atoms with van der Waals surface area (Å²) < 4.78 is 38.9. The van der Waals surface area contributed by atoms with Gasteiger partial charge in [-0.05, 0) is 48.7 Å². The minimum absolute atomic E-state index is 0.173. The monoisotopic (exact) mass is 493 g/mol. The topological polar surface area (TPSA) is 90.0 Å². The van der Waals surface area contributed by atoms with Crippen LogP contribution in [0.5, 0.6) is 5.75 Å². The van der Waals surface area contributed by atoms with Crippen LogP contribution in [-0.2, 0) is 26.0 Å². The quantitative estimate of drug-likeness (QED) is 0.347. The Morgan fingerprint density at radius 3 is 2.40 bits per heavy atom. The molecule has 1 unspecified atom stereocenters. The second kappa shape index (κ2) is 10.4. The van der Waals surface area contributed by atoms with Crippen molar-refractivity contribution in [3.8, 4) is 5.75 Å². The third-order valence-electron chi connectivity index (χ3n) is 6.12. The summed E-state index contributed by atoms with van der Waals surface area (Å²) >= 11 is 0. The number of carbonyl (C=O) groups excluding carboxylic acids is 2. The summed E-state index contributed by atoms with van der Waals surface area (Å²) in [4.78, 5) is 25.6. The van der Waals surface area contributed by atoms with E-state index in [2.05, 4.69) is 0 Å². The Kier molecular flexibility index (Phi) is 7.33. The van der Waals surface area contributed by atoms with Gasteiger partial charge in [-0.1, -0.05) is 54.1 Å².